The van der Waals surface area contributed by atoms with Crippen LogP contribution in [-0.2, 0) is 19.1 Å². The molecular weight excluding hydrogens is 448 g/mol. The number of ether oxygens (including phenoxy) is 5. The molecule has 0 aromatic heterocycles. The van der Waals surface area contributed by atoms with Gasteiger partial charge >= 0.3 is 11.9 Å². The number of rotatable bonds is 14. The summed E-state index contributed by atoms with van der Waals surface area (Å²) in [7, 11) is 0. The van der Waals surface area contributed by atoms with E-state index in [1.54, 1.807) is 26.0 Å². The molecule has 0 spiro atoms. The zero-order valence-corrected chi connectivity index (χ0v) is 20.6. The molecule has 0 aliphatic carbocycles. The van der Waals surface area contributed by atoms with Crippen molar-refractivity contribution in [3.63, 3.8) is 0 Å². The minimum absolute atomic E-state index is 0.0702. The maximum atomic E-state index is 11.6. The molecule has 2 aromatic carbocycles. The molecule has 35 heavy (non-hydrogen) atoms. The van der Waals surface area contributed by atoms with Crippen molar-refractivity contribution in [2.24, 2.45) is 0 Å². The van der Waals surface area contributed by atoms with Crippen LogP contribution in [0.5, 0.6) is 17.2 Å². The third-order valence-electron chi connectivity index (χ3n) is 4.46. The minimum atomic E-state index is -0.472. The van der Waals surface area contributed by atoms with Gasteiger partial charge in [0.2, 0.25) is 0 Å². The molecule has 0 radical (unpaired) electrons. The monoisotopic (exact) mass is 480 g/mol. The van der Waals surface area contributed by atoms with Gasteiger partial charge < -0.3 is 23.7 Å². The first-order valence-corrected chi connectivity index (χ1v) is 11.1. The van der Waals surface area contributed by atoms with E-state index in [-0.39, 0.29) is 26.4 Å². The van der Waals surface area contributed by atoms with Gasteiger partial charge in [0.25, 0.3) is 0 Å². The summed E-state index contributed by atoms with van der Waals surface area (Å²) >= 11 is 0. The van der Waals surface area contributed by atoms with Gasteiger partial charge in [0, 0.05) is 22.8 Å². The summed E-state index contributed by atoms with van der Waals surface area (Å²) in [5.41, 5.74) is 3.31. The Morgan fingerprint density at radius 3 is 1.77 bits per heavy atom. The van der Waals surface area contributed by atoms with Crippen molar-refractivity contribution in [2.75, 3.05) is 33.0 Å². The lowest BCUT2D eigenvalue weighted by Gasteiger charge is -2.15. The van der Waals surface area contributed by atoms with E-state index in [1.807, 2.05) is 37.3 Å². The second-order valence-corrected chi connectivity index (χ2v) is 7.96. The van der Waals surface area contributed by atoms with Crippen LogP contribution in [0, 0.1) is 0 Å². The predicted octanol–water partition coefficient (Wildman–Crippen LogP) is 5.30. The standard InChI is InChI=1S/C28H32O7/c1-19(2)18-35-23-9-7-22(8-10-23)25-12-11-24(31-13-15-33-27(29)20(3)4)17-26(25)32-14-16-34-28(30)21(5)6/h7-12,17H,1,3,5,13-16,18H2,2,4,6H3. The Labute approximate surface area is 206 Å². The highest BCUT2D eigenvalue weighted by molar-refractivity contribution is 5.87. The Morgan fingerprint density at radius 1 is 0.686 bits per heavy atom. The number of carbonyl (C=O) groups excluding carboxylic acids is 2. The Bertz CT molecular complexity index is 1070. The lowest BCUT2D eigenvalue weighted by atomic mass is 10.0. The van der Waals surface area contributed by atoms with Gasteiger partial charge in [-0.2, -0.15) is 0 Å². The summed E-state index contributed by atoms with van der Waals surface area (Å²) < 4.78 is 27.5. The molecule has 186 valence electrons. The van der Waals surface area contributed by atoms with E-state index in [0.717, 1.165) is 22.4 Å². The van der Waals surface area contributed by atoms with Crippen LogP contribution >= 0.6 is 0 Å². The molecule has 2 rings (SSSR count). The molecule has 2 aromatic rings. The smallest absolute Gasteiger partial charge is 0.333 e. The summed E-state index contributed by atoms with van der Waals surface area (Å²) in [5.74, 6) is 0.877. The van der Waals surface area contributed by atoms with E-state index in [1.165, 1.54) is 0 Å². The second kappa shape index (κ2) is 13.6. The summed E-state index contributed by atoms with van der Waals surface area (Å²) in [6, 6.07) is 13.0. The van der Waals surface area contributed by atoms with Crippen molar-refractivity contribution in [3.05, 3.63) is 78.9 Å². The SMILES string of the molecule is C=C(C)COc1ccc(-c2ccc(OCCOC(=O)C(=C)C)cc2OCCOC(=O)C(=C)C)cc1. The van der Waals surface area contributed by atoms with E-state index in [2.05, 4.69) is 19.7 Å². The third-order valence-corrected chi connectivity index (χ3v) is 4.46. The molecule has 7 heteroatoms. The van der Waals surface area contributed by atoms with E-state index in [9.17, 15) is 9.59 Å². The predicted molar refractivity (Wildman–Crippen MR) is 135 cm³/mol. The molecular formula is C28H32O7. The van der Waals surface area contributed by atoms with Crippen LogP contribution in [0.2, 0.25) is 0 Å². The zero-order valence-electron chi connectivity index (χ0n) is 20.6. The van der Waals surface area contributed by atoms with Crippen molar-refractivity contribution in [2.45, 2.75) is 20.8 Å². The quantitative estimate of drug-likeness (QED) is 0.157. The molecule has 0 fully saturated rings. The molecule has 0 N–H and O–H groups in total. The molecule has 0 bridgehead atoms. The zero-order chi connectivity index (χ0) is 25.8. The number of hydrogen-bond acceptors (Lipinski definition) is 7. The van der Waals surface area contributed by atoms with Crippen LogP contribution in [0.4, 0.5) is 0 Å². The fourth-order valence-corrected chi connectivity index (χ4v) is 2.71. The van der Waals surface area contributed by atoms with Gasteiger partial charge in [-0.15, -0.1) is 0 Å². The highest BCUT2D eigenvalue weighted by Crippen LogP contribution is 2.34. The highest BCUT2D eigenvalue weighted by atomic mass is 16.6. The number of esters is 2. The topological polar surface area (TPSA) is 80.3 Å². The fraction of sp³-hybridized carbons (Fsp3) is 0.286. The molecule has 0 unspecified atom stereocenters. The lowest BCUT2D eigenvalue weighted by molar-refractivity contribution is -0.140. The number of carbonyl (C=O) groups is 2. The first-order chi connectivity index (χ1) is 16.7. The van der Waals surface area contributed by atoms with Crippen LogP contribution in [-0.4, -0.2) is 45.0 Å². The van der Waals surface area contributed by atoms with Crippen molar-refractivity contribution < 1.29 is 33.3 Å². The van der Waals surface area contributed by atoms with Gasteiger partial charge in [0.05, 0.1) is 0 Å². The first-order valence-electron chi connectivity index (χ1n) is 11.1. The van der Waals surface area contributed by atoms with Gasteiger partial charge in [-0.05, 0) is 56.2 Å². The summed E-state index contributed by atoms with van der Waals surface area (Å²) in [6.45, 7) is 16.9. The first kappa shape index (κ1) is 27.2. The van der Waals surface area contributed by atoms with E-state index < -0.39 is 11.9 Å². The van der Waals surface area contributed by atoms with Crippen molar-refractivity contribution in [3.8, 4) is 28.4 Å². The molecule has 0 atom stereocenters. The Hall–Kier alpha value is -4.00. The third kappa shape index (κ3) is 9.41. The van der Waals surface area contributed by atoms with Crippen molar-refractivity contribution in [1.29, 1.82) is 0 Å². The molecule has 0 saturated carbocycles. The van der Waals surface area contributed by atoms with Gasteiger partial charge in [0.15, 0.2) is 0 Å². The maximum Gasteiger partial charge on any atom is 0.333 e. The highest BCUT2D eigenvalue weighted by Gasteiger charge is 2.11. The van der Waals surface area contributed by atoms with Crippen LogP contribution in [0.15, 0.2) is 78.9 Å². The average molecular weight is 481 g/mol. The van der Waals surface area contributed by atoms with Crippen LogP contribution in [0.1, 0.15) is 20.8 Å². The molecule has 0 amide bonds. The number of hydrogen-bond donors (Lipinski definition) is 0. The maximum absolute atomic E-state index is 11.6. The Kier molecular flexibility index (Phi) is 10.6. The largest absolute Gasteiger partial charge is 0.490 e. The summed E-state index contributed by atoms with van der Waals surface area (Å²) in [4.78, 5) is 23.1. The molecule has 0 saturated heterocycles. The van der Waals surface area contributed by atoms with Gasteiger partial charge in [-0.1, -0.05) is 31.9 Å². The van der Waals surface area contributed by atoms with Crippen molar-refractivity contribution >= 4 is 11.9 Å². The van der Waals surface area contributed by atoms with E-state index >= 15 is 0 Å². The fourth-order valence-electron chi connectivity index (χ4n) is 2.71. The van der Waals surface area contributed by atoms with Crippen LogP contribution in [0.3, 0.4) is 0 Å². The Balaban J connectivity index is 2.12. The van der Waals surface area contributed by atoms with Crippen molar-refractivity contribution in [1.82, 2.24) is 0 Å². The van der Waals surface area contributed by atoms with Gasteiger partial charge in [-0.25, -0.2) is 9.59 Å². The van der Waals surface area contributed by atoms with E-state index in [0.29, 0.717) is 29.3 Å². The number of benzene rings is 2. The molecule has 7 nitrogen and oxygen atoms in total. The summed E-state index contributed by atoms with van der Waals surface area (Å²) in [5, 5.41) is 0. The van der Waals surface area contributed by atoms with Crippen LogP contribution in [0.25, 0.3) is 11.1 Å². The molecule has 0 aliphatic heterocycles. The lowest BCUT2D eigenvalue weighted by Crippen LogP contribution is -2.13. The Morgan fingerprint density at radius 2 is 1.23 bits per heavy atom. The second-order valence-electron chi connectivity index (χ2n) is 7.96. The molecule has 0 aliphatic rings. The van der Waals surface area contributed by atoms with E-state index in [4.69, 9.17) is 23.7 Å². The normalized spacial score (nSPS) is 10.1. The minimum Gasteiger partial charge on any atom is -0.490 e. The average Bonchev–Trinajstić information content (AvgIpc) is 2.83. The summed E-state index contributed by atoms with van der Waals surface area (Å²) in [6.07, 6.45) is 0. The van der Waals surface area contributed by atoms with Gasteiger partial charge in [-0.3, -0.25) is 0 Å². The van der Waals surface area contributed by atoms with Crippen LogP contribution < -0.4 is 14.2 Å². The molecule has 0 heterocycles. The van der Waals surface area contributed by atoms with Gasteiger partial charge in [0.1, 0.15) is 50.3 Å².